The predicted octanol–water partition coefficient (Wildman–Crippen LogP) is 3.18. The summed E-state index contributed by atoms with van der Waals surface area (Å²) in [5.74, 6) is -0.254. The lowest BCUT2D eigenvalue weighted by Crippen LogP contribution is -2.51. The van der Waals surface area contributed by atoms with Crippen LogP contribution in [0.15, 0.2) is 47.5 Å². The molecule has 11 heteroatoms. The van der Waals surface area contributed by atoms with Crippen molar-refractivity contribution in [3.05, 3.63) is 58.1 Å². The van der Waals surface area contributed by atoms with E-state index in [-0.39, 0.29) is 25.0 Å². The van der Waals surface area contributed by atoms with Crippen molar-refractivity contribution >= 4 is 56.7 Å². The molecule has 3 rings (SSSR count). The highest BCUT2D eigenvalue weighted by molar-refractivity contribution is 7.18. The lowest BCUT2D eigenvalue weighted by atomic mass is 10.2. The van der Waals surface area contributed by atoms with Gasteiger partial charge in [0.25, 0.3) is 0 Å². The van der Waals surface area contributed by atoms with Crippen LogP contribution in [0.1, 0.15) is 17.5 Å². The van der Waals surface area contributed by atoms with E-state index in [9.17, 15) is 9.59 Å². The molecule has 0 saturated heterocycles. The van der Waals surface area contributed by atoms with E-state index in [4.69, 9.17) is 16.7 Å². The Morgan fingerprint density at radius 2 is 1.91 bits per heavy atom. The third-order valence-electron chi connectivity index (χ3n) is 4.62. The van der Waals surface area contributed by atoms with Crippen LogP contribution in [-0.4, -0.2) is 59.1 Å². The highest BCUT2D eigenvalue weighted by Crippen LogP contribution is 2.26. The van der Waals surface area contributed by atoms with Crippen molar-refractivity contribution in [3.63, 3.8) is 0 Å². The summed E-state index contributed by atoms with van der Waals surface area (Å²) in [5.41, 5.74) is 2.26. The number of carbonyl (C=O) groups is 2. The maximum atomic E-state index is 13.1. The number of aliphatic hydroxyl groups excluding tert-OH is 1. The first-order valence-electron chi connectivity index (χ1n) is 10.7. The van der Waals surface area contributed by atoms with Gasteiger partial charge in [0.15, 0.2) is 0 Å². The second-order valence-electron chi connectivity index (χ2n) is 7.42. The van der Waals surface area contributed by atoms with Gasteiger partial charge in [0.1, 0.15) is 0 Å². The van der Waals surface area contributed by atoms with Crippen LogP contribution in [0, 0.1) is 6.92 Å². The molecule has 1 aromatic heterocycles. The highest BCUT2D eigenvalue weighted by Gasteiger charge is 2.21. The summed E-state index contributed by atoms with van der Waals surface area (Å²) in [5, 5.41) is 18.9. The molecule has 0 atom stereocenters. The first kappa shape index (κ1) is 25.6. The van der Waals surface area contributed by atoms with Gasteiger partial charge in [0.05, 0.1) is 34.1 Å². The van der Waals surface area contributed by atoms with Crippen LogP contribution in [0.2, 0.25) is 5.02 Å². The van der Waals surface area contributed by atoms with Gasteiger partial charge in [0.2, 0.25) is 11.9 Å². The number of urea groups is 1. The number of fused-ring (bicyclic) bond motifs is 1. The molecule has 0 fully saturated rings. The van der Waals surface area contributed by atoms with E-state index in [0.717, 1.165) is 20.8 Å². The van der Waals surface area contributed by atoms with Crippen molar-refractivity contribution in [3.8, 4) is 0 Å². The van der Waals surface area contributed by atoms with Crippen LogP contribution in [0.4, 0.5) is 10.5 Å². The molecule has 0 saturated carbocycles. The number of hydrogen-bond acceptors (Lipinski definition) is 7. The quantitative estimate of drug-likeness (QED) is 0.214. The fourth-order valence-electron chi connectivity index (χ4n) is 3.11. The Morgan fingerprint density at radius 1 is 1.15 bits per heavy atom. The molecule has 0 aliphatic heterocycles. The van der Waals surface area contributed by atoms with E-state index < -0.39 is 6.03 Å². The van der Waals surface area contributed by atoms with E-state index in [1.807, 2.05) is 31.2 Å². The highest BCUT2D eigenvalue weighted by atomic mass is 35.5. The van der Waals surface area contributed by atoms with Gasteiger partial charge in [0, 0.05) is 31.6 Å². The SMILES string of the molecule is CC(=O)NC(=Nc1ccc2nc(C)sc2c1)N(Cc1ccc(Cl)cc1)C(=O)NCCNCCO. The fourth-order valence-corrected chi connectivity index (χ4v) is 4.09. The van der Waals surface area contributed by atoms with Crippen LogP contribution < -0.4 is 16.0 Å². The maximum absolute atomic E-state index is 13.1. The van der Waals surface area contributed by atoms with Crippen LogP contribution in [0.3, 0.4) is 0 Å². The number of amides is 3. The monoisotopic (exact) mass is 502 g/mol. The molecule has 0 unspecified atom stereocenters. The van der Waals surface area contributed by atoms with Crippen molar-refractivity contribution < 1.29 is 14.7 Å². The molecule has 180 valence electrons. The van der Waals surface area contributed by atoms with E-state index in [1.54, 1.807) is 29.5 Å². The molecule has 0 radical (unpaired) electrons. The molecule has 3 amide bonds. The third kappa shape index (κ3) is 7.49. The Balaban J connectivity index is 1.92. The largest absolute Gasteiger partial charge is 0.395 e. The molecule has 3 aromatic rings. The first-order chi connectivity index (χ1) is 16.4. The number of guanidine groups is 1. The number of benzene rings is 2. The van der Waals surface area contributed by atoms with Gasteiger partial charge in [-0.25, -0.2) is 14.8 Å². The smallest absolute Gasteiger partial charge is 0.324 e. The first-order valence-corrected chi connectivity index (χ1v) is 11.9. The van der Waals surface area contributed by atoms with Crippen molar-refractivity contribution in [2.45, 2.75) is 20.4 Å². The van der Waals surface area contributed by atoms with Crippen LogP contribution in [-0.2, 0) is 11.3 Å². The van der Waals surface area contributed by atoms with Gasteiger partial charge in [-0.2, -0.15) is 0 Å². The summed E-state index contributed by atoms with van der Waals surface area (Å²) in [6, 6.07) is 12.2. The minimum atomic E-state index is -0.428. The molecule has 4 N–H and O–H groups in total. The topological polar surface area (TPSA) is 119 Å². The second kappa shape index (κ2) is 12.4. The molecular formula is C23H27ClN6O3S. The Hall–Kier alpha value is -3.05. The summed E-state index contributed by atoms with van der Waals surface area (Å²) in [4.78, 5) is 35.6. The number of thiazole rings is 1. The number of nitrogens with one attached hydrogen (secondary N) is 3. The molecule has 1 heterocycles. The summed E-state index contributed by atoms with van der Waals surface area (Å²) >= 11 is 7.55. The summed E-state index contributed by atoms with van der Waals surface area (Å²) in [7, 11) is 0. The van der Waals surface area contributed by atoms with Crippen LogP contribution >= 0.6 is 22.9 Å². The van der Waals surface area contributed by atoms with Gasteiger partial charge in [-0.05, 0) is 42.8 Å². The molecule has 0 aliphatic rings. The Morgan fingerprint density at radius 3 is 2.62 bits per heavy atom. The Kier molecular flexibility index (Phi) is 9.34. The minimum absolute atomic E-state index is 0.0135. The maximum Gasteiger partial charge on any atom is 0.324 e. The minimum Gasteiger partial charge on any atom is -0.395 e. The molecule has 34 heavy (non-hydrogen) atoms. The predicted molar refractivity (Wildman–Crippen MR) is 136 cm³/mol. The molecular weight excluding hydrogens is 476 g/mol. The van der Waals surface area contributed by atoms with E-state index in [2.05, 4.69) is 25.9 Å². The third-order valence-corrected chi connectivity index (χ3v) is 5.81. The number of aryl methyl sites for hydroxylation is 1. The zero-order chi connectivity index (χ0) is 24.5. The molecule has 0 aliphatic carbocycles. The van der Waals surface area contributed by atoms with Crippen LogP contribution in [0.25, 0.3) is 10.2 Å². The summed E-state index contributed by atoms with van der Waals surface area (Å²) in [6.45, 7) is 4.72. The van der Waals surface area contributed by atoms with Crippen molar-refractivity contribution in [2.24, 2.45) is 4.99 Å². The lowest BCUT2D eigenvalue weighted by molar-refractivity contribution is -0.117. The van der Waals surface area contributed by atoms with Crippen molar-refractivity contribution in [2.75, 3.05) is 26.2 Å². The second-order valence-corrected chi connectivity index (χ2v) is 9.09. The average Bonchev–Trinajstić information content (AvgIpc) is 3.17. The standard InChI is InChI=1S/C23H27ClN6O3S/c1-15(32)27-22(29-19-7-8-20-21(13-19)34-16(2)28-20)30(14-17-3-5-18(24)6-4-17)23(33)26-10-9-25-11-12-31/h3-8,13,25,31H,9-12,14H2,1-2H3,(H,26,33)(H,27,29,32). The summed E-state index contributed by atoms with van der Waals surface area (Å²) in [6.07, 6.45) is 0. The molecule has 2 aromatic carbocycles. The van der Waals surface area contributed by atoms with Crippen LogP contribution in [0.5, 0.6) is 0 Å². The van der Waals surface area contributed by atoms with Gasteiger partial charge in [-0.15, -0.1) is 11.3 Å². The van der Waals surface area contributed by atoms with Gasteiger partial charge in [-0.3, -0.25) is 15.0 Å². The van der Waals surface area contributed by atoms with Gasteiger partial charge in [-0.1, -0.05) is 23.7 Å². The number of aromatic nitrogens is 1. The zero-order valence-corrected chi connectivity index (χ0v) is 20.5. The zero-order valence-electron chi connectivity index (χ0n) is 19.0. The number of aliphatic imine (C=N–C) groups is 1. The van der Waals surface area contributed by atoms with Crippen molar-refractivity contribution in [1.29, 1.82) is 0 Å². The molecule has 0 bridgehead atoms. The van der Waals surface area contributed by atoms with Gasteiger partial charge >= 0.3 is 6.03 Å². The Labute approximate surface area is 206 Å². The normalized spacial score (nSPS) is 11.5. The fraction of sp³-hybridized carbons (Fsp3) is 0.304. The lowest BCUT2D eigenvalue weighted by Gasteiger charge is -2.25. The Bertz CT molecular complexity index is 1170. The number of carbonyl (C=O) groups excluding carboxylic acids is 2. The van der Waals surface area contributed by atoms with Gasteiger partial charge < -0.3 is 15.7 Å². The number of aliphatic hydroxyl groups is 1. The number of rotatable bonds is 8. The molecule has 0 spiro atoms. The summed E-state index contributed by atoms with van der Waals surface area (Å²) < 4.78 is 0.963. The van der Waals surface area contributed by atoms with E-state index >= 15 is 0 Å². The molecule has 9 nitrogen and oxygen atoms in total. The van der Waals surface area contributed by atoms with Crippen molar-refractivity contribution in [1.82, 2.24) is 25.8 Å². The average molecular weight is 503 g/mol. The van der Waals surface area contributed by atoms with E-state index in [1.165, 1.54) is 11.8 Å². The number of halogens is 1. The number of hydrogen-bond donors (Lipinski definition) is 4. The number of nitrogens with zero attached hydrogens (tertiary/aromatic N) is 3. The van der Waals surface area contributed by atoms with E-state index in [0.29, 0.717) is 30.3 Å².